The Kier molecular flexibility index (Phi) is 9.77. The van der Waals surface area contributed by atoms with Crippen LogP contribution in [0.25, 0.3) is 22.2 Å². The van der Waals surface area contributed by atoms with Crippen LogP contribution in [0.3, 0.4) is 0 Å². The number of sulfonamides is 1. The van der Waals surface area contributed by atoms with Gasteiger partial charge in [-0.3, -0.25) is 9.59 Å². The second-order valence-electron chi connectivity index (χ2n) is 15.1. The van der Waals surface area contributed by atoms with Crippen LogP contribution in [0, 0.1) is 5.41 Å². The van der Waals surface area contributed by atoms with Crippen LogP contribution in [-0.2, 0) is 26.1 Å². The average Bonchev–Trinajstić information content (AvgIpc) is 3.44. The van der Waals surface area contributed by atoms with Crippen molar-refractivity contribution in [2.24, 2.45) is 5.41 Å². The maximum atomic E-state index is 14.5. The van der Waals surface area contributed by atoms with Crippen LogP contribution in [-0.4, -0.2) is 87.5 Å². The van der Waals surface area contributed by atoms with E-state index in [1.165, 1.54) is 12.0 Å². The molecule has 3 aliphatic carbocycles. The molecule has 1 aliphatic heterocycles. The molecule has 0 spiro atoms. The van der Waals surface area contributed by atoms with Gasteiger partial charge in [0, 0.05) is 48.1 Å². The van der Waals surface area contributed by atoms with E-state index in [1.54, 1.807) is 18.1 Å². The van der Waals surface area contributed by atoms with Crippen molar-refractivity contribution in [3.05, 3.63) is 53.1 Å². The summed E-state index contributed by atoms with van der Waals surface area (Å²) in [7, 11) is 1.77. The smallest absolute Gasteiger partial charge is 0.264 e. The minimum atomic E-state index is -3.77. The van der Waals surface area contributed by atoms with E-state index in [1.807, 2.05) is 32.3 Å². The van der Waals surface area contributed by atoms with Crippen molar-refractivity contribution >= 4 is 32.7 Å². The monoisotopic (exact) mass is 704 g/mol. The number of carbonyl (C=O) groups is 2. The fraction of sp³-hybridized carbons (Fsp3) is 0.590. The Labute approximate surface area is 296 Å². The summed E-state index contributed by atoms with van der Waals surface area (Å²) >= 11 is 0. The quantitative estimate of drug-likeness (QED) is 0.176. The lowest BCUT2D eigenvalue weighted by Gasteiger charge is -2.26. The molecule has 10 nitrogen and oxygen atoms in total. The predicted octanol–water partition coefficient (Wildman–Crippen LogP) is 6.24. The van der Waals surface area contributed by atoms with Gasteiger partial charge < -0.3 is 23.8 Å². The molecule has 4 aliphatic rings. The third-order valence-electron chi connectivity index (χ3n) is 12.0. The molecule has 1 N–H and O–H groups in total. The lowest BCUT2D eigenvalue weighted by atomic mass is 9.81. The van der Waals surface area contributed by atoms with Crippen LogP contribution in [0.1, 0.15) is 104 Å². The molecule has 2 heterocycles. The molecule has 11 heteroatoms. The second-order valence-corrected chi connectivity index (χ2v) is 17.1. The first-order chi connectivity index (χ1) is 24.1. The van der Waals surface area contributed by atoms with Gasteiger partial charge in [0.1, 0.15) is 12.5 Å². The SMILES string of the molecule is CCN(C)CCOCN(C)C(=O)C12CC1c1cc(OC)ccc1-c1c(C3CCCCC3)c3ccc(C(=O)NS(=O)(=O)C4CCCC4)cc3n1C2. The van der Waals surface area contributed by atoms with E-state index < -0.39 is 26.6 Å². The molecule has 2 aromatic carbocycles. The number of benzene rings is 2. The van der Waals surface area contributed by atoms with Crippen LogP contribution < -0.4 is 9.46 Å². The van der Waals surface area contributed by atoms with Crippen molar-refractivity contribution in [2.45, 2.75) is 94.8 Å². The Balaban J connectivity index is 1.32. The van der Waals surface area contributed by atoms with Crippen molar-refractivity contribution in [1.29, 1.82) is 0 Å². The minimum Gasteiger partial charge on any atom is -0.497 e. The summed E-state index contributed by atoms with van der Waals surface area (Å²) in [5, 5.41) is 0.541. The first kappa shape index (κ1) is 35.0. The van der Waals surface area contributed by atoms with Gasteiger partial charge in [-0.15, -0.1) is 0 Å². The Morgan fingerprint density at radius 1 is 1.00 bits per heavy atom. The molecule has 0 bridgehead atoms. The summed E-state index contributed by atoms with van der Waals surface area (Å²) in [5.41, 5.74) is 5.11. The van der Waals surface area contributed by atoms with E-state index >= 15 is 0 Å². The van der Waals surface area contributed by atoms with Gasteiger partial charge in [0.05, 0.1) is 30.1 Å². The Morgan fingerprint density at radius 3 is 2.46 bits per heavy atom. The number of fused-ring (bicyclic) bond motifs is 7. The fourth-order valence-electron chi connectivity index (χ4n) is 8.91. The molecular weight excluding hydrogens is 653 g/mol. The second kappa shape index (κ2) is 14.0. The summed E-state index contributed by atoms with van der Waals surface area (Å²) in [4.78, 5) is 32.0. The third-order valence-corrected chi connectivity index (χ3v) is 13.8. The Hall–Kier alpha value is -3.41. The summed E-state index contributed by atoms with van der Waals surface area (Å²) < 4.78 is 42.6. The lowest BCUT2D eigenvalue weighted by molar-refractivity contribution is -0.141. The van der Waals surface area contributed by atoms with Crippen molar-refractivity contribution < 1.29 is 27.5 Å². The first-order valence-corrected chi connectivity index (χ1v) is 20.0. The zero-order valence-electron chi connectivity index (χ0n) is 30.0. The zero-order valence-corrected chi connectivity index (χ0v) is 30.8. The van der Waals surface area contributed by atoms with Gasteiger partial charge >= 0.3 is 0 Å². The van der Waals surface area contributed by atoms with E-state index in [2.05, 4.69) is 33.2 Å². The topological polar surface area (TPSA) is 110 Å². The van der Waals surface area contributed by atoms with E-state index in [0.717, 1.165) is 85.1 Å². The van der Waals surface area contributed by atoms with E-state index in [0.29, 0.717) is 43.9 Å². The van der Waals surface area contributed by atoms with Gasteiger partial charge in [0.25, 0.3) is 5.91 Å². The summed E-state index contributed by atoms with van der Waals surface area (Å²) in [6.45, 7) is 5.04. The highest BCUT2D eigenvalue weighted by Gasteiger charge is 2.63. The van der Waals surface area contributed by atoms with Gasteiger partial charge in [-0.25, -0.2) is 13.1 Å². The molecule has 0 radical (unpaired) electrons. The maximum Gasteiger partial charge on any atom is 0.264 e. The number of nitrogens with one attached hydrogen (secondary N) is 1. The number of likely N-dealkylation sites (N-methyl/N-ethyl adjacent to an activating group) is 1. The van der Waals surface area contributed by atoms with E-state index in [4.69, 9.17) is 9.47 Å². The van der Waals surface area contributed by atoms with Crippen LogP contribution in [0.2, 0.25) is 0 Å². The first-order valence-electron chi connectivity index (χ1n) is 18.5. The number of methoxy groups -OCH3 is 1. The molecule has 0 saturated heterocycles. The van der Waals surface area contributed by atoms with E-state index in [9.17, 15) is 18.0 Å². The molecule has 3 saturated carbocycles. The number of amides is 2. The highest BCUT2D eigenvalue weighted by Crippen LogP contribution is 2.66. The molecule has 270 valence electrons. The Morgan fingerprint density at radius 2 is 1.74 bits per heavy atom. The Bertz CT molecular complexity index is 1880. The van der Waals surface area contributed by atoms with Gasteiger partial charge in [0.15, 0.2) is 0 Å². The number of ether oxygens (including phenoxy) is 2. The van der Waals surface area contributed by atoms with Crippen molar-refractivity contribution in [2.75, 3.05) is 47.6 Å². The van der Waals surface area contributed by atoms with Gasteiger partial charge in [-0.2, -0.15) is 0 Å². The highest BCUT2D eigenvalue weighted by molar-refractivity contribution is 7.90. The lowest BCUT2D eigenvalue weighted by Crippen LogP contribution is -2.39. The molecule has 3 fully saturated rings. The van der Waals surface area contributed by atoms with Crippen molar-refractivity contribution in [3.8, 4) is 17.0 Å². The predicted molar refractivity (Wildman–Crippen MR) is 195 cm³/mol. The van der Waals surface area contributed by atoms with Crippen molar-refractivity contribution in [1.82, 2.24) is 19.1 Å². The summed E-state index contributed by atoms with van der Waals surface area (Å²) in [6.07, 6.45) is 9.29. The number of hydrogen-bond acceptors (Lipinski definition) is 7. The summed E-state index contributed by atoms with van der Waals surface area (Å²) in [5.74, 6) is 0.558. The van der Waals surface area contributed by atoms with Crippen LogP contribution in [0.5, 0.6) is 5.75 Å². The number of carbonyl (C=O) groups excluding carboxylic acids is 2. The van der Waals surface area contributed by atoms with Gasteiger partial charge in [-0.05, 0) is 93.1 Å². The maximum absolute atomic E-state index is 14.5. The largest absolute Gasteiger partial charge is 0.497 e. The number of rotatable bonds is 12. The zero-order chi connectivity index (χ0) is 35.2. The average molecular weight is 705 g/mol. The van der Waals surface area contributed by atoms with Crippen LogP contribution in [0.15, 0.2) is 36.4 Å². The molecular formula is C39H52N4O6S. The van der Waals surface area contributed by atoms with Crippen molar-refractivity contribution in [3.63, 3.8) is 0 Å². The molecule has 1 aromatic heterocycles. The standard InChI is InChI=1S/C39H52N4O6S/c1-5-41(2)19-20-49-25-42(3)38(45)39-23-33(39)32-22-28(48-4)16-18-30(32)36-35(26-11-7-6-8-12-26)31-17-15-27(21-34(31)43(36)24-39)37(44)40-50(46,47)29-13-9-10-14-29/h15-18,21-22,26,29,33H,5-14,19-20,23-25H2,1-4H3,(H,40,44). The highest BCUT2D eigenvalue weighted by atomic mass is 32.2. The normalized spacial score (nSPS) is 22.1. The number of aromatic nitrogens is 1. The summed E-state index contributed by atoms with van der Waals surface area (Å²) in [6, 6.07) is 11.9. The van der Waals surface area contributed by atoms with Gasteiger partial charge in [0.2, 0.25) is 15.9 Å². The van der Waals surface area contributed by atoms with Crippen LogP contribution >= 0.6 is 0 Å². The number of nitrogens with zero attached hydrogens (tertiary/aromatic N) is 3. The molecule has 50 heavy (non-hydrogen) atoms. The molecule has 3 aromatic rings. The van der Waals surface area contributed by atoms with Gasteiger partial charge in [-0.1, -0.05) is 45.1 Å². The minimum absolute atomic E-state index is 0.00552. The van der Waals surface area contributed by atoms with E-state index in [-0.39, 0.29) is 18.6 Å². The fourth-order valence-corrected chi connectivity index (χ4v) is 10.4. The molecule has 2 atom stereocenters. The third kappa shape index (κ3) is 6.34. The molecule has 2 amide bonds. The molecule has 7 rings (SSSR count). The molecule has 2 unspecified atom stereocenters. The number of hydrogen-bond donors (Lipinski definition) is 1. The van der Waals surface area contributed by atoms with Crippen LogP contribution in [0.4, 0.5) is 0 Å².